The van der Waals surface area contributed by atoms with E-state index in [4.69, 9.17) is 0 Å². The van der Waals surface area contributed by atoms with Crippen molar-refractivity contribution in [2.45, 2.75) is 27.3 Å². The molecule has 1 aromatic heterocycles. The maximum absolute atomic E-state index is 3.55. The van der Waals surface area contributed by atoms with E-state index in [1.54, 1.807) is 0 Å². The Morgan fingerprint density at radius 2 is 1.63 bits per heavy atom. The first-order valence-electron chi connectivity index (χ1n) is 7.47. The van der Waals surface area contributed by atoms with E-state index >= 15 is 0 Å². The second kappa shape index (κ2) is 10.4. The summed E-state index contributed by atoms with van der Waals surface area (Å²) in [5, 5.41) is 5.71. The van der Waals surface area contributed by atoms with Crippen molar-refractivity contribution in [3.63, 3.8) is 0 Å². The van der Waals surface area contributed by atoms with E-state index in [1.165, 1.54) is 4.88 Å². The van der Waals surface area contributed by atoms with Gasteiger partial charge >= 0.3 is 0 Å². The van der Waals surface area contributed by atoms with Gasteiger partial charge in [0.2, 0.25) is 0 Å². The van der Waals surface area contributed by atoms with E-state index in [0.29, 0.717) is 0 Å². The molecule has 0 radical (unpaired) electrons. The molecule has 1 heterocycles. The zero-order chi connectivity index (χ0) is 13.9. The molecule has 0 atom stereocenters. The minimum atomic E-state index is 1.08. The molecule has 0 unspecified atom stereocenters. The maximum atomic E-state index is 3.55. The van der Waals surface area contributed by atoms with Crippen LogP contribution in [0.4, 0.5) is 0 Å². The first kappa shape index (κ1) is 16.6. The number of hydrogen-bond acceptors (Lipinski definition) is 4. The lowest BCUT2D eigenvalue weighted by Gasteiger charge is -2.21. The largest absolute Gasteiger partial charge is 0.314 e. The summed E-state index contributed by atoms with van der Waals surface area (Å²) < 4.78 is 0. The number of rotatable bonds is 11. The van der Waals surface area contributed by atoms with Crippen LogP contribution in [0.15, 0.2) is 17.5 Å². The zero-order valence-electron chi connectivity index (χ0n) is 12.7. The van der Waals surface area contributed by atoms with Crippen molar-refractivity contribution in [2.75, 3.05) is 45.8 Å². The highest BCUT2D eigenvalue weighted by molar-refractivity contribution is 7.09. The fraction of sp³-hybridized carbons (Fsp3) is 0.733. The Labute approximate surface area is 122 Å². The van der Waals surface area contributed by atoms with Gasteiger partial charge in [-0.05, 0) is 31.1 Å². The highest BCUT2D eigenvalue weighted by atomic mass is 32.1. The van der Waals surface area contributed by atoms with Gasteiger partial charge in [0, 0.05) is 37.6 Å². The van der Waals surface area contributed by atoms with Crippen molar-refractivity contribution in [3.05, 3.63) is 22.4 Å². The van der Waals surface area contributed by atoms with Crippen LogP contribution >= 0.6 is 11.3 Å². The summed E-state index contributed by atoms with van der Waals surface area (Å²) >= 11 is 1.85. The molecule has 0 aliphatic carbocycles. The minimum absolute atomic E-state index is 1.08. The molecule has 0 aliphatic rings. The smallest absolute Gasteiger partial charge is 0.0328 e. The lowest BCUT2D eigenvalue weighted by atomic mass is 10.4. The normalized spacial score (nSPS) is 11.6. The van der Waals surface area contributed by atoms with Crippen LogP contribution in [0, 0.1) is 0 Å². The SMILES string of the molecule is CCN(CC)CCNCCN(CC)Cc1cccs1. The second-order valence-corrected chi connectivity index (χ2v) is 5.76. The third kappa shape index (κ3) is 7.06. The van der Waals surface area contributed by atoms with Gasteiger partial charge in [0.05, 0.1) is 0 Å². The lowest BCUT2D eigenvalue weighted by Crippen LogP contribution is -2.36. The van der Waals surface area contributed by atoms with Crippen molar-refractivity contribution in [3.8, 4) is 0 Å². The van der Waals surface area contributed by atoms with Gasteiger partial charge in [0.25, 0.3) is 0 Å². The summed E-state index contributed by atoms with van der Waals surface area (Å²) in [6.45, 7) is 15.7. The molecule has 0 bridgehead atoms. The first-order valence-corrected chi connectivity index (χ1v) is 8.35. The fourth-order valence-electron chi connectivity index (χ4n) is 2.11. The minimum Gasteiger partial charge on any atom is -0.314 e. The third-order valence-corrected chi connectivity index (χ3v) is 4.37. The van der Waals surface area contributed by atoms with Crippen molar-refractivity contribution in [1.82, 2.24) is 15.1 Å². The molecule has 0 saturated carbocycles. The molecule has 4 heteroatoms. The Bertz CT molecular complexity index is 296. The molecule has 1 rings (SSSR count). The van der Waals surface area contributed by atoms with Gasteiger partial charge in [-0.3, -0.25) is 4.90 Å². The highest BCUT2D eigenvalue weighted by Gasteiger charge is 2.04. The number of hydrogen-bond donors (Lipinski definition) is 1. The van der Waals surface area contributed by atoms with E-state index in [1.807, 2.05) is 11.3 Å². The molecule has 19 heavy (non-hydrogen) atoms. The Morgan fingerprint density at radius 3 is 2.16 bits per heavy atom. The lowest BCUT2D eigenvalue weighted by molar-refractivity contribution is 0.271. The topological polar surface area (TPSA) is 18.5 Å². The van der Waals surface area contributed by atoms with Crippen LogP contribution in [0.1, 0.15) is 25.6 Å². The van der Waals surface area contributed by atoms with Gasteiger partial charge in [-0.15, -0.1) is 11.3 Å². The average molecular weight is 283 g/mol. The Morgan fingerprint density at radius 1 is 1.00 bits per heavy atom. The predicted molar refractivity (Wildman–Crippen MR) is 85.9 cm³/mol. The van der Waals surface area contributed by atoms with Crippen LogP contribution in [0.3, 0.4) is 0 Å². The zero-order valence-corrected chi connectivity index (χ0v) is 13.5. The van der Waals surface area contributed by atoms with Gasteiger partial charge < -0.3 is 10.2 Å². The van der Waals surface area contributed by atoms with Gasteiger partial charge in [0.15, 0.2) is 0 Å². The molecule has 110 valence electrons. The predicted octanol–water partition coefficient (Wildman–Crippen LogP) is 2.50. The first-order chi connectivity index (χ1) is 9.30. The Balaban J connectivity index is 2.09. The van der Waals surface area contributed by atoms with Gasteiger partial charge in [0.1, 0.15) is 0 Å². The number of nitrogens with zero attached hydrogens (tertiary/aromatic N) is 2. The molecular weight excluding hydrogens is 254 g/mol. The summed E-state index contributed by atoms with van der Waals surface area (Å²) in [6.07, 6.45) is 0. The number of nitrogens with one attached hydrogen (secondary N) is 1. The van der Waals surface area contributed by atoms with Gasteiger partial charge in [-0.2, -0.15) is 0 Å². The summed E-state index contributed by atoms with van der Waals surface area (Å²) in [6, 6.07) is 4.36. The monoisotopic (exact) mass is 283 g/mol. The maximum Gasteiger partial charge on any atom is 0.0328 e. The fourth-order valence-corrected chi connectivity index (χ4v) is 2.86. The molecule has 0 saturated heterocycles. The molecule has 1 aromatic rings. The summed E-state index contributed by atoms with van der Waals surface area (Å²) in [4.78, 5) is 6.41. The van der Waals surface area contributed by atoms with Crippen LogP contribution in [0.5, 0.6) is 0 Å². The van der Waals surface area contributed by atoms with Crippen LogP contribution < -0.4 is 5.32 Å². The molecule has 0 amide bonds. The molecule has 1 N–H and O–H groups in total. The van der Waals surface area contributed by atoms with Crippen LogP contribution in [0.2, 0.25) is 0 Å². The summed E-state index contributed by atoms with van der Waals surface area (Å²) in [5.74, 6) is 0. The van der Waals surface area contributed by atoms with E-state index in [2.05, 4.69) is 53.4 Å². The Kier molecular flexibility index (Phi) is 9.08. The molecule has 0 aliphatic heterocycles. The van der Waals surface area contributed by atoms with Crippen LogP contribution in [0.25, 0.3) is 0 Å². The van der Waals surface area contributed by atoms with E-state index < -0.39 is 0 Å². The number of likely N-dealkylation sites (N-methyl/N-ethyl adjacent to an activating group) is 2. The number of thiophene rings is 1. The summed E-state index contributed by atoms with van der Waals surface area (Å²) in [5.41, 5.74) is 0. The van der Waals surface area contributed by atoms with Gasteiger partial charge in [-0.25, -0.2) is 0 Å². The van der Waals surface area contributed by atoms with Crippen LogP contribution in [-0.4, -0.2) is 55.6 Å². The quantitative estimate of drug-likeness (QED) is 0.630. The highest BCUT2D eigenvalue weighted by Crippen LogP contribution is 2.11. The van der Waals surface area contributed by atoms with Crippen LogP contribution in [-0.2, 0) is 6.54 Å². The molecule has 0 fully saturated rings. The average Bonchev–Trinajstić information content (AvgIpc) is 2.94. The van der Waals surface area contributed by atoms with Crippen molar-refractivity contribution < 1.29 is 0 Å². The third-order valence-electron chi connectivity index (χ3n) is 3.51. The molecule has 0 aromatic carbocycles. The van der Waals surface area contributed by atoms with E-state index in [0.717, 1.165) is 52.4 Å². The Hall–Kier alpha value is -0.420. The summed E-state index contributed by atoms with van der Waals surface area (Å²) in [7, 11) is 0. The van der Waals surface area contributed by atoms with Crippen molar-refractivity contribution in [1.29, 1.82) is 0 Å². The molecule has 0 spiro atoms. The molecular formula is C15H29N3S. The van der Waals surface area contributed by atoms with E-state index in [-0.39, 0.29) is 0 Å². The van der Waals surface area contributed by atoms with Gasteiger partial charge in [-0.1, -0.05) is 26.8 Å². The molecule has 3 nitrogen and oxygen atoms in total. The van der Waals surface area contributed by atoms with Crippen molar-refractivity contribution in [2.24, 2.45) is 0 Å². The standard InChI is InChI=1S/C15H29N3S/c1-4-17(5-2)11-9-16-10-12-18(6-3)14-15-8-7-13-19-15/h7-8,13,16H,4-6,9-12,14H2,1-3H3. The van der Waals surface area contributed by atoms with E-state index in [9.17, 15) is 0 Å². The van der Waals surface area contributed by atoms with Crippen molar-refractivity contribution >= 4 is 11.3 Å². The second-order valence-electron chi connectivity index (χ2n) is 4.73.